The molecule has 2 aliphatic rings. The topological polar surface area (TPSA) is 87.7 Å². The summed E-state index contributed by atoms with van der Waals surface area (Å²) in [6, 6.07) is 6.63. The molecule has 7 nitrogen and oxygen atoms in total. The van der Waals surface area contributed by atoms with Crippen LogP contribution in [-0.2, 0) is 15.1 Å². The normalized spacial score (nSPS) is 27.5. The van der Waals surface area contributed by atoms with Gasteiger partial charge in [-0.1, -0.05) is 38.8 Å². The molecule has 3 rings (SSSR count). The zero-order valence-electron chi connectivity index (χ0n) is 16.8. The fraction of sp³-hybridized carbons (Fsp3) is 0.571. The summed E-state index contributed by atoms with van der Waals surface area (Å²) >= 11 is 0. The molecule has 2 fully saturated rings. The number of hydrogen-bond acceptors (Lipinski definition) is 4. The van der Waals surface area contributed by atoms with Crippen LogP contribution in [0, 0.1) is 5.92 Å². The van der Waals surface area contributed by atoms with Crippen molar-refractivity contribution in [2.24, 2.45) is 5.92 Å². The van der Waals surface area contributed by atoms with Gasteiger partial charge in [0.1, 0.15) is 17.8 Å². The van der Waals surface area contributed by atoms with Crippen molar-refractivity contribution in [1.82, 2.24) is 15.5 Å². The Morgan fingerprint density at radius 3 is 2.54 bits per heavy atom. The summed E-state index contributed by atoms with van der Waals surface area (Å²) in [5.41, 5.74) is -0.472. The van der Waals surface area contributed by atoms with Gasteiger partial charge in [-0.25, -0.2) is 4.79 Å². The maximum absolute atomic E-state index is 13.1. The Labute approximate surface area is 165 Å². The van der Waals surface area contributed by atoms with Crippen molar-refractivity contribution in [1.29, 1.82) is 0 Å². The Bertz CT molecular complexity index is 749. The number of rotatable bonds is 6. The minimum atomic E-state index is -1.15. The van der Waals surface area contributed by atoms with Gasteiger partial charge in [0.05, 0.1) is 7.11 Å². The third-order valence-electron chi connectivity index (χ3n) is 6.05. The van der Waals surface area contributed by atoms with Crippen LogP contribution in [0.15, 0.2) is 24.3 Å². The van der Waals surface area contributed by atoms with E-state index in [9.17, 15) is 14.4 Å². The van der Waals surface area contributed by atoms with Crippen LogP contribution in [0.3, 0.4) is 0 Å². The molecule has 1 saturated heterocycles. The summed E-state index contributed by atoms with van der Waals surface area (Å²) in [6.45, 7) is 3.71. The van der Waals surface area contributed by atoms with Crippen LogP contribution >= 0.6 is 0 Å². The molecule has 1 aliphatic carbocycles. The quantitative estimate of drug-likeness (QED) is 0.735. The van der Waals surface area contributed by atoms with Crippen molar-refractivity contribution in [3.05, 3.63) is 29.8 Å². The van der Waals surface area contributed by atoms with Crippen LogP contribution in [0.4, 0.5) is 4.79 Å². The first kappa shape index (κ1) is 20.2. The number of amides is 4. The van der Waals surface area contributed by atoms with Gasteiger partial charge in [0.2, 0.25) is 5.91 Å². The van der Waals surface area contributed by atoms with Gasteiger partial charge in [0, 0.05) is 6.04 Å². The number of carbonyl (C=O) groups is 3. The van der Waals surface area contributed by atoms with Crippen molar-refractivity contribution in [3.8, 4) is 5.75 Å². The van der Waals surface area contributed by atoms with Crippen molar-refractivity contribution >= 4 is 17.8 Å². The molecule has 2 N–H and O–H groups in total. The Morgan fingerprint density at radius 1 is 1.25 bits per heavy atom. The summed E-state index contributed by atoms with van der Waals surface area (Å²) in [5.74, 6) is 0.403. The van der Waals surface area contributed by atoms with Gasteiger partial charge in [-0.2, -0.15) is 0 Å². The molecule has 0 aromatic heterocycles. The van der Waals surface area contributed by atoms with Crippen molar-refractivity contribution in [3.63, 3.8) is 0 Å². The molecular weight excluding hydrogens is 358 g/mol. The van der Waals surface area contributed by atoms with Crippen LogP contribution in [0.1, 0.15) is 51.5 Å². The van der Waals surface area contributed by atoms with Gasteiger partial charge in [-0.05, 0) is 42.9 Å². The highest BCUT2D eigenvalue weighted by Gasteiger charge is 2.51. The molecule has 0 spiro atoms. The van der Waals surface area contributed by atoms with Gasteiger partial charge in [-0.15, -0.1) is 0 Å². The predicted molar refractivity (Wildman–Crippen MR) is 105 cm³/mol. The Hall–Kier alpha value is -2.57. The number of ether oxygens (including phenoxy) is 1. The maximum Gasteiger partial charge on any atom is 0.325 e. The summed E-state index contributed by atoms with van der Waals surface area (Å²) < 4.78 is 5.17. The SMILES string of the molecule is CC[C@]1(c2ccc(OC)cc2)NC(=O)N(CC(=O)N[C@H]2CCCC[C@H]2C)C1=O. The molecule has 1 aliphatic heterocycles. The summed E-state index contributed by atoms with van der Waals surface area (Å²) in [6.07, 6.45) is 4.69. The molecule has 0 bridgehead atoms. The largest absolute Gasteiger partial charge is 0.497 e. The highest BCUT2D eigenvalue weighted by molar-refractivity contribution is 6.09. The van der Waals surface area contributed by atoms with Crippen LogP contribution in [0.2, 0.25) is 0 Å². The van der Waals surface area contributed by atoms with E-state index in [2.05, 4.69) is 17.6 Å². The summed E-state index contributed by atoms with van der Waals surface area (Å²) in [4.78, 5) is 39.2. The average molecular weight is 387 g/mol. The first-order valence-corrected chi connectivity index (χ1v) is 9.99. The molecule has 152 valence electrons. The Kier molecular flexibility index (Phi) is 5.91. The van der Waals surface area contributed by atoms with Crippen molar-refractivity contribution < 1.29 is 19.1 Å². The second-order valence-corrected chi connectivity index (χ2v) is 7.74. The van der Waals surface area contributed by atoms with Gasteiger partial charge in [0.25, 0.3) is 5.91 Å². The third-order valence-corrected chi connectivity index (χ3v) is 6.05. The lowest BCUT2D eigenvalue weighted by molar-refractivity contribution is -0.135. The fourth-order valence-electron chi connectivity index (χ4n) is 4.21. The monoisotopic (exact) mass is 387 g/mol. The zero-order valence-corrected chi connectivity index (χ0v) is 16.8. The van der Waals surface area contributed by atoms with Gasteiger partial charge < -0.3 is 15.4 Å². The van der Waals surface area contributed by atoms with Crippen molar-refractivity contribution in [2.75, 3.05) is 13.7 Å². The van der Waals surface area contributed by atoms with Gasteiger partial charge in [0.15, 0.2) is 0 Å². The molecule has 4 amide bonds. The number of methoxy groups -OCH3 is 1. The molecule has 0 unspecified atom stereocenters. The number of imide groups is 1. The highest BCUT2D eigenvalue weighted by Crippen LogP contribution is 2.33. The van der Waals surface area contributed by atoms with Crippen LogP contribution in [-0.4, -0.2) is 42.4 Å². The van der Waals surface area contributed by atoms with E-state index in [0.29, 0.717) is 23.7 Å². The van der Waals surface area contributed by atoms with Crippen LogP contribution < -0.4 is 15.4 Å². The van der Waals surface area contributed by atoms with Crippen LogP contribution in [0.25, 0.3) is 0 Å². The van der Waals surface area contributed by atoms with E-state index in [1.807, 2.05) is 6.92 Å². The lowest BCUT2D eigenvalue weighted by atomic mass is 9.86. The molecule has 7 heteroatoms. The van der Waals surface area contributed by atoms with E-state index in [1.54, 1.807) is 31.4 Å². The van der Waals surface area contributed by atoms with Gasteiger partial charge >= 0.3 is 6.03 Å². The second kappa shape index (κ2) is 8.20. The number of nitrogens with one attached hydrogen (secondary N) is 2. The van der Waals surface area contributed by atoms with Gasteiger partial charge in [-0.3, -0.25) is 14.5 Å². The minimum Gasteiger partial charge on any atom is -0.497 e. The first-order valence-electron chi connectivity index (χ1n) is 9.99. The molecule has 1 saturated carbocycles. The number of urea groups is 1. The number of benzene rings is 1. The van der Waals surface area contributed by atoms with E-state index in [1.165, 1.54) is 6.42 Å². The van der Waals surface area contributed by atoms with E-state index in [4.69, 9.17) is 4.74 Å². The molecule has 28 heavy (non-hydrogen) atoms. The molecule has 3 atom stereocenters. The van der Waals surface area contributed by atoms with Crippen molar-refractivity contribution in [2.45, 2.75) is 57.5 Å². The number of carbonyl (C=O) groups excluding carboxylic acids is 3. The summed E-state index contributed by atoms with van der Waals surface area (Å²) in [5, 5.41) is 5.81. The minimum absolute atomic E-state index is 0.111. The van der Waals surface area contributed by atoms with E-state index in [0.717, 1.165) is 24.2 Å². The summed E-state index contributed by atoms with van der Waals surface area (Å²) in [7, 11) is 1.57. The first-order chi connectivity index (χ1) is 13.4. The molecule has 0 radical (unpaired) electrons. The highest BCUT2D eigenvalue weighted by atomic mass is 16.5. The molecule has 1 heterocycles. The Morgan fingerprint density at radius 2 is 1.93 bits per heavy atom. The lowest BCUT2D eigenvalue weighted by Gasteiger charge is -2.30. The van der Waals surface area contributed by atoms with E-state index >= 15 is 0 Å². The number of nitrogens with zero attached hydrogens (tertiary/aromatic N) is 1. The standard InChI is InChI=1S/C21H29N3O4/c1-4-21(15-9-11-16(28-3)12-10-15)19(26)24(20(27)23-21)13-18(25)22-17-8-6-5-7-14(17)2/h9-12,14,17H,4-8,13H2,1-3H3,(H,22,25)(H,23,27)/t14-,17+,21-/m1/s1. The maximum atomic E-state index is 13.1. The van der Waals surface area contributed by atoms with E-state index in [-0.39, 0.29) is 18.5 Å². The lowest BCUT2D eigenvalue weighted by Crippen LogP contribution is -2.48. The number of hydrogen-bond donors (Lipinski definition) is 2. The van der Waals surface area contributed by atoms with Crippen LogP contribution in [0.5, 0.6) is 5.75 Å². The Balaban J connectivity index is 1.73. The molecule has 1 aromatic rings. The smallest absolute Gasteiger partial charge is 0.325 e. The average Bonchev–Trinajstić information content (AvgIpc) is 2.95. The zero-order chi connectivity index (χ0) is 20.3. The molecular formula is C21H29N3O4. The fourth-order valence-corrected chi connectivity index (χ4v) is 4.21. The second-order valence-electron chi connectivity index (χ2n) is 7.74. The van der Waals surface area contributed by atoms with E-state index < -0.39 is 17.5 Å². The molecule has 1 aromatic carbocycles. The predicted octanol–water partition coefficient (Wildman–Crippen LogP) is 2.55. The third kappa shape index (κ3) is 3.70.